The molecule has 0 N–H and O–H groups in total. The summed E-state index contributed by atoms with van der Waals surface area (Å²) in [6.07, 6.45) is 3.70. The largest absolute Gasteiger partial charge is 0.291 e. The Balaban J connectivity index is 1.84. The van der Waals surface area contributed by atoms with Gasteiger partial charge in [0.05, 0.1) is 5.69 Å². The molecule has 0 saturated carbocycles. The number of halogens is 1. The number of hydrogen-bond acceptors (Lipinski definition) is 3. The second kappa shape index (κ2) is 6.93. The third-order valence-electron chi connectivity index (χ3n) is 4.06. The van der Waals surface area contributed by atoms with E-state index in [-0.39, 0.29) is 5.82 Å². The molecule has 1 aromatic carbocycles. The van der Waals surface area contributed by atoms with Gasteiger partial charge in [-0.1, -0.05) is 24.3 Å². The van der Waals surface area contributed by atoms with Crippen LogP contribution in [-0.2, 0) is 20.1 Å². The minimum absolute atomic E-state index is 0.178. The number of pyridine rings is 1. The van der Waals surface area contributed by atoms with Gasteiger partial charge in [0.15, 0.2) is 5.65 Å². The fourth-order valence-electron chi connectivity index (χ4n) is 2.93. The minimum atomic E-state index is -0.178. The summed E-state index contributed by atoms with van der Waals surface area (Å²) >= 11 is 0. The van der Waals surface area contributed by atoms with Gasteiger partial charge in [0.1, 0.15) is 5.82 Å². The highest BCUT2D eigenvalue weighted by Crippen LogP contribution is 2.18. The first-order chi connectivity index (χ1) is 11.6. The Bertz CT molecular complexity index is 869. The van der Waals surface area contributed by atoms with Crippen LogP contribution in [0.1, 0.15) is 16.8 Å². The van der Waals surface area contributed by atoms with E-state index in [0.717, 1.165) is 22.3 Å². The maximum atomic E-state index is 13.9. The van der Waals surface area contributed by atoms with Crippen molar-refractivity contribution < 1.29 is 4.39 Å². The quantitative estimate of drug-likeness (QED) is 0.650. The van der Waals surface area contributed by atoms with Crippen molar-refractivity contribution in [3.8, 4) is 0 Å². The van der Waals surface area contributed by atoms with Crippen LogP contribution in [0.15, 0.2) is 49.2 Å². The van der Waals surface area contributed by atoms with Gasteiger partial charge in [-0.25, -0.2) is 9.37 Å². The Morgan fingerprint density at radius 3 is 2.83 bits per heavy atom. The van der Waals surface area contributed by atoms with E-state index >= 15 is 0 Å². The van der Waals surface area contributed by atoms with E-state index in [2.05, 4.69) is 27.6 Å². The van der Waals surface area contributed by atoms with Gasteiger partial charge >= 0.3 is 0 Å². The average Bonchev–Trinajstić information content (AvgIpc) is 2.84. The number of benzene rings is 1. The van der Waals surface area contributed by atoms with Crippen LogP contribution in [0.4, 0.5) is 4.39 Å². The van der Waals surface area contributed by atoms with Crippen LogP contribution < -0.4 is 0 Å². The lowest BCUT2D eigenvalue weighted by Crippen LogP contribution is -2.23. The number of hydrogen-bond donors (Lipinski definition) is 0. The van der Waals surface area contributed by atoms with Gasteiger partial charge in [-0.3, -0.25) is 9.58 Å². The van der Waals surface area contributed by atoms with Gasteiger partial charge in [-0.2, -0.15) is 5.10 Å². The molecular formula is C19H21FN4. The van der Waals surface area contributed by atoms with Crippen LogP contribution in [-0.4, -0.2) is 26.2 Å². The number of aryl methyl sites for hydroxylation is 2. The fourth-order valence-corrected chi connectivity index (χ4v) is 2.93. The van der Waals surface area contributed by atoms with Crippen LogP contribution >= 0.6 is 0 Å². The van der Waals surface area contributed by atoms with Crippen LogP contribution in [0.2, 0.25) is 0 Å². The highest BCUT2D eigenvalue weighted by molar-refractivity contribution is 5.78. The molecule has 0 aliphatic heterocycles. The predicted molar refractivity (Wildman–Crippen MR) is 94.0 cm³/mol. The molecule has 0 amide bonds. The van der Waals surface area contributed by atoms with Crippen molar-refractivity contribution >= 4 is 11.0 Å². The molecule has 0 saturated heterocycles. The van der Waals surface area contributed by atoms with Gasteiger partial charge < -0.3 is 0 Å². The summed E-state index contributed by atoms with van der Waals surface area (Å²) in [6, 6.07) is 8.99. The van der Waals surface area contributed by atoms with Crippen LogP contribution in [0.25, 0.3) is 11.0 Å². The Morgan fingerprint density at radius 2 is 2.08 bits per heavy atom. The standard InChI is InChI=1S/C19H21FN4/c1-4-9-24(13-16-7-5-6-8-18(16)20)12-15-10-17-14(2)22-23(3)19(17)21-11-15/h4-8,10-11H,1,9,12-13H2,2-3H3. The molecule has 0 atom stereocenters. The lowest BCUT2D eigenvalue weighted by molar-refractivity contribution is 0.281. The summed E-state index contributed by atoms with van der Waals surface area (Å²) < 4.78 is 15.7. The first kappa shape index (κ1) is 16.3. The monoisotopic (exact) mass is 324 g/mol. The summed E-state index contributed by atoms with van der Waals surface area (Å²) in [5.41, 5.74) is 3.61. The van der Waals surface area contributed by atoms with E-state index in [1.807, 2.05) is 38.4 Å². The molecule has 2 heterocycles. The Kier molecular flexibility index (Phi) is 4.71. The molecule has 3 rings (SSSR count). The zero-order valence-corrected chi connectivity index (χ0v) is 14.0. The Hall–Kier alpha value is -2.53. The van der Waals surface area contributed by atoms with Crippen LogP contribution in [0.5, 0.6) is 0 Å². The molecular weight excluding hydrogens is 303 g/mol. The SMILES string of the molecule is C=CCN(Cc1cnc2c(c1)c(C)nn2C)Cc1ccccc1F. The second-order valence-electron chi connectivity index (χ2n) is 5.97. The smallest absolute Gasteiger partial charge is 0.157 e. The fraction of sp³-hybridized carbons (Fsp3) is 0.263. The van der Waals surface area contributed by atoms with E-state index in [1.165, 1.54) is 6.07 Å². The van der Waals surface area contributed by atoms with E-state index in [0.29, 0.717) is 25.2 Å². The highest BCUT2D eigenvalue weighted by Gasteiger charge is 2.11. The summed E-state index contributed by atoms with van der Waals surface area (Å²) in [6.45, 7) is 7.68. The number of aromatic nitrogens is 3. The number of rotatable bonds is 6. The molecule has 0 bridgehead atoms. The third-order valence-corrected chi connectivity index (χ3v) is 4.06. The molecule has 124 valence electrons. The third kappa shape index (κ3) is 3.36. The van der Waals surface area contributed by atoms with Gasteiger partial charge in [-0.05, 0) is 24.6 Å². The first-order valence-corrected chi connectivity index (χ1v) is 7.93. The topological polar surface area (TPSA) is 34.0 Å². The average molecular weight is 324 g/mol. The Morgan fingerprint density at radius 1 is 1.29 bits per heavy atom. The maximum absolute atomic E-state index is 13.9. The van der Waals surface area contributed by atoms with Crippen molar-refractivity contribution in [3.05, 3.63) is 71.8 Å². The molecule has 5 heteroatoms. The molecule has 0 aliphatic rings. The van der Waals surface area contributed by atoms with Crippen LogP contribution in [0, 0.1) is 12.7 Å². The predicted octanol–water partition coefficient (Wildman–Crippen LogP) is 3.60. The summed E-state index contributed by atoms with van der Waals surface area (Å²) in [5.74, 6) is -0.178. The first-order valence-electron chi connectivity index (χ1n) is 7.93. The molecule has 0 fully saturated rings. The molecule has 3 aromatic rings. The van der Waals surface area contributed by atoms with E-state index < -0.39 is 0 Å². The van der Waals surface area contributed by atoms with Crippen molar-refractivity contribution in [2.75, 3.05) is 6.54 Å². The maximum Gasteiger partial charge on any atom is 0.157 e. The normalized spacial score (nSPS) is 11.3. The summed E-state index contributed by atoms with van der Waals surface area (Å²) in [7, 11) is 1.89. The molecule has 4 nitrogen and oxygen atoms in total. The van der Waals surface area contributed by atoms with Gasteiger partial charge in [0.2, 0.25) is 0 Å². The Labute approximate surface area is 141 Å². The van der Waals surface area contributed by atoms with Crippen molar-refractivity contribution in [1.82, 2.24) is 19.7 Å². The summed E-state index contributed by atoms with van der Waals surface area (Å²) in [5, 5.41) is 5.46. The van der Waals surface area contributed by atoms with E-state index in [4.69, 9.17) is 0 Å². The van der Waals surface area contributed by atoms with Crippen molar-refractivity contribution in [2.45, 2.75) is 20.0 Å². The van der Waals surface area contributed by atoms with Crippen molar-refractivity contribution in [3.63, 3.8) is 0 Å². The zero-order chi connectivity index (χ0) is 17.1. The number of fused-ring (bicyclic) bond motifs is 1. The zero-order valence-electron chi connectivity index (χ0n) is 14.0. The van der Waals surface area contributed by atoms with E-state index in [9.17, 15) is 4.39 Å². The van der Waals surface area contributed by atoms with Crippen molar-refractivity contribution in [2.24, 2.45) is 7.05 Å². The molecule has 0 spiro atoms. The lowest BCUT2D eigenvalue weighted by Gasteiger charge is -2.21. The van der Waals surface area contributed by atoms with Crippen molar-refractivity contribution in [1.29, 1.82) is 0 Å². The minimum Gasteiger partial charge on any atom is -0.291 e. The highest BCUT2D eigenvalue weighted by atomic mass is 19.1. The summed E-state index contributed by atoms with van der Waals surface area (Å²) in [4.78, 5) is 6.65. The molecule has 24 heavy (non-hydrogen) atoms. The lowest BCUT2D eigenvalue weighted by atomic mass is 10.1. The molecule has 2 aromatic heterocycles. The van der Waals surface area contributed by atoms with Gasteiger partial charge in [0.25, 0.3) is 0 Å². The molecule has 0 unspecified atom stereocenters. The second-order valence-corrected chi connectivity index (χ2v) is 5.97. The van der Waals surface area contributed by atoms with E-state index in [1.54, 1.807) is 10.7 Å². The molecule has 0 radical (unpaired) electrons. The van der Waals surface area contributed by atoms with Crippen LogP contribution in [0.3, 0.4) is 0 Å². The van der Waals surface area contributed by atoms with Gasteiger partial charge in [0, 0.05) is 43.8 Å². The molecule has 0 aliphatic carbocycles. The number of nitrogens with zero attached hydrogens (tertiary/aromatic N) is 4. The van der Waals surface area contributed by atoms with Gasteiger partial charge in [-0.15, -0.1) is 6.58 Å².